The molecule has 2 amide bonds. The first-order chi connectivity index (χ1) is 12.4. The Kier molecular flexibility index (Phi) is 4.66. The molecule has 8 heteroatoms. The number of hydrogen-bond donors (Lipinski definition) is 3. The summed E-state index contributed by atoms with van der Waals surface area (Å²) in [5.41, 5.74) is 2.71. The summed E-state index contributed by atoms with van der Waals surface area (Å²) in [4.78, 5) is 39.0. The predicted molar refractivity (Wildman–Crippen MR) is 94.7 cm³/mol. The third kappa shape index (κ3) is 3.26. The average molecular weight is 357 g/mol. The molecule has 1 aliphatic heterocycles. The summed E-state index contributed by atoms with van der Waals surface area (Å²) in [6, 6.07) is 4.95. The van der Waals surface area contributed by atoms with Crippen LogP contribution in [-0.2, 0) is 9.53 Å². The van der Waals surface area contributed by atoms with Gasteiger partial charge in [-0.1, -0.05) is 0 Å². The number of anilines is 2. The van der Waals surface area contributed by atoms with Crippen LogP contribution in [0.4, 0.5) is 11.4 Å². The SMILES string of the molecule is CCOC(=O)c1c(C)[nH]c(C(=O)Nc2ccc3c(c2)NC(=O)CO3)c1C. The van der Waals surface area contributed by atoms with Crippen LogP contribution < -0.4 is 15.4 Å². The van der Waals surface area contributed by atoms with Gasteiger partial charge in [0.25, 0.3) is 11.8 Å². The van der Waals surface area contributed by atoms with Crippen molar-refractivity contribution in [1.29, 1.82) is 0 Å². The average Bonchev–Trinajstić information content (AvgIpc) is 2.89. The Morgan fingerprint density at radius 2 is 2.08 bits per heavy atom. The second-order valence-electron chi connectivity index (χ2n) is 5.85. The molecule has 3 N–H and O–H groups in total. The fraction of sp³-hybridized carbons (Fsp3) is 0.278. The van der Waals surface area contributed by atoms with Crippen LogP contribution in [0.5, 0.6) is 5.75 Å². The van der Waals surface area contributed by atoms with Crippen molar-refractivity contribution in [2.24, 2.45) is 0 Å². The number of aryl methyl sites for hydroxylation is 1. The molecule has 0 spiro atoms. The molecular formula is C18H19N3O5. The third-order valence-electron chi connectivity index (χ3n) is 4.01. The van der Waals surface area contributed by atoms with E-state index in [9.17, 15) is 14.4 Å². The van der Waals surface area contributed by atoms with Crippen molar-refractivity contribution in [3.8, 4) is 5.75 Å². The number of aromatic nitrogens is 1. The van der Waals surface area contributed by atoms with Crippen LogP contribution in [0, 0.1) is 13.8 Å². The number of carbonyl (C=O) groups excluding carboxylic acids is 3. The summed E-state index contributed by atoms with van der Waals surface area (Å²) in [5.74, 6) is -0.578. The molecule has 0 fully saturated rings. The van der Waals surface area contributed by atoms with Gasteiger partial charge in [0.15, 0.2) is 6.61 Å². The summed E-state index contributed by atoms with van der Waals surface area (Å²) >= 11 is 0. The van der Waals surface area contributed by atoms with E-state index < -0.39 is 11.9 Å². The van der Waals surface area contributed by atoms with Crippen molar-refractivity contribution < 1.29 is 23.9 Å². The van der Waals surface area contributed by atoms with Crippen molar-refractivity contribution in [2.75, 3.05) is 23.8 Å². The first kappa shape index (κ1) is 17.5. The van der Waals surface area contributed by atoms with Crippen molar-refractivity contribution >= 4 is 29.2 Å². The summed E-state index contributed by atoms with van der Waals surface area (Å²) in [7, 11) is 0. The number of esters is 1. The number of benzene rings is 1. The lowest BCUT2D eigenvalue weighted by atomic mass is 10.1. The third-order valence-corrected chi connectivity index (χ3v) is 4.01. The quantitative estimate of drug-likeness (QED) is 0.728. The van der Waals surface area contributed by atoms with Gasteiger partial charge in [0.05, 0.1) is 17.9 Å². The van der Waals surface area contributed by atoms with Crippen molar-refractivity contribution in [2.45, 2.75) is 20.8 Å². The molecule has 0 saturated carbocycles. The summed E-state index contributed by atoms with van der Waals surface area (Å²) in [6.07, 6.45) is 0. The van der Waals surface area contributed by atoms with Crippen LogP contribution in [0.15, 0.2) is 18.2 Å². The monoisotopic (exact) mass is 357 g/mol. The van der Waals surface area contributed by atoms with E-state index in [1.807, 2.05) is 0 Å². The second-order valence-corrected chi connectivity index (χ2v) is 5.85. The van der Waals surface area contributed by atoms with Gasteiger partial charge in [-0.2, -0.15) is 0 Å². The number of amides is 2. The molecule has 0 atom stereocenters. The van der Waals surface area contributed by atoms with Crippen molar-refractivity contribution in [3.63, 3.8) is 0 Å². The lowest BCUT2D eigenvalue weighted by molar-refractivity contribution is -0.118. The predicted octanol–water partition coefficient (Wildman–Crippen LogP) is 2.39. The highest BCUT2D eigenvalue weighted by Gasteiger charge is 2.23. The molecule has 1 aromatic carbocycles. The number of ether oxygens (including phenoxy) is 2. The Morgan fingerprint density at radius 3 is 2.81 bits per heavy atom. The molecule has 0 radical (unpaired) electrons. The Morgan fingerprint density at radius 1 is 1.31 bits per heavy atom. The molecule has 0 saturated heterocycles. The molecule has 2 heterocycles. The number of rotatable bonds is 4. The van der Waals surface area contributed by atoms with Crippen LogP contribution in [-0.4, -0.2) is 36.0 Å². The molecule has 2 aromatic rings. The fourth-order valence-electron chi connectivity index (χ4n) is 2.84. The van der Waals surface area contributed by atoms with Gasteiger partial charge >= 0.3 is 5.97 Å². The van der Waals surface area contributed by atoms with Crippen LogP contribution in [0.2, 0.25) is 0 Å². The maximum Gasteiger partial charge on any atom is 0.340 e. The van der Waals surface area contributed by atoms with Gasteiger partial charge in [0.2, 0.25) is 0 Å². The Balaban J connectivity index is 1.83. The van der Waals surface area contributed by atoms with E-state index in [0.717, 1.165) is 0 Å². The van der Waals surface area contributed by atoms with E-state index in [1.165, 1.54) is 0 Å². The van der Waals surface area contributed by atoms with Crippen LogP contribution in [0.1, 0.15) is 39.0 Å². The summed E-state index contributed by atoms with van der Waals surface area (Å²) in [5, 5.41) is 5.43. The molecule has 1 aromatic heterocycles. The highest BCUT2D eigenvalue weighted by molar-refractivity contribution is 6.07. The normalized spacial score (nSPS) is 12.7. The number of hydrogen-bond acceptors (Lipinski definition) is 5. The molecule has 0 unspecified atom stereocenters. The van der Waals surface area contributed by atoms with E-state index in [2.05, 4.69) is 15.6 Å². The van der Waals surface area contributed by atoms with E-state index in [-0.39, 0.29) is 24.8 Å². The van der Waals surface area contributed by atoms with Crippen LogP contribution in [0.3, 0.4) is 0 Å². The van der Waals surface area contributed by atoms with Gasteiger partial charge in [-0.25, -0.2) is 4.79 Å². The van der Waals surface area contributed by atoms with E-state index in [0.29, 0.717) is 33.9 Å². The molecule has 0 aliphatic carbocycles. The molecule has 8 nitrogen and oxygen atoms in total. The first-order valence-corrected chi connectivity index (χ1v) is 8.15. The van der Waals surface area contributed by atoms with Gasteiger partial charge in [-0.05, 0) is 44.5 Å². The van der Waals surface area contributed by atoms with Gasteiger partial charge in [0, 0.05) is 11.4 Å². The van der Waals surface area contributed by atoms with E-state index >= 15 is 0 Å². The van der Waals surface area contributed by atoms with Gasteiger partial charge in [-0.15, -0.1) is 0 Å². The number of aromatic amines is 1. The topological polar surface area (TPSA) is 110 Å². The maximum atomic E-state index is 12.6. The zero-order valence-corrected chi connectivity index (χ0v) is 14.7. The molecule has 0 bridgehead atoms. The Labute approximate surface area is 149 Å². The number of carbonyl (C=O) groups is 3. The van der Waals surface area contributed by atoms with Gasteiger partial charge in [0.1, 0.15) is 11.4 Å². The second kappa shape index (κ2) is 6.91. The largest absolute Gasteiger partial charge is 0.482 e. The molecule has 136 valence electrons. The lowest BCUT2D eigenvalue weighted by Gasteiger charge is -2.18. The minimum atomic E-state index is -0.466. The Hall–Kier alpha value is -3.29. The minimum Gasteiger partial charge on any atom is -0.482 e. The first-order valence-electron chi connectivity index (χ1n) is 8.15. The Bertz CT molecular complexity index is 900. The van der Waals surface area contributed by atoms with Crippen molar-refractivity contribution in [3.05, 3.63) is 40.7 Å². The highest BCUT2D eigenvalue weighted by Crippen LogP contribution is 2.30. The zero-order chi connectivity index (χ0) is 18.8. The lowest BCUT2D eigenvalue weighted by Crippen LogP contribution is -2.25. The van der Waals surface area contributed by atoms with Gasteiger partial charge < -0.3 is 25.1 Å². The fourth-order valence-corrected chi connectivity index (χ4v) is 2.84. The van der Waals surface area contributed by atoms with Crippen molar-refractivity contribution in [1.82, 2.24) is 4.98 Å². The van der Waals surface area contributed by atoms with Crippen LogP contribution in [0.25, 0.3) is 0 Å². The minimum absolute atomic E-state index is 0.0315. The zero-order valence-electron chi connectivity index (χ0n) is 14.7. The highest BCUT2D eigenvalue weighted by atomic mass is 16.5. The molecule has 3 rings (SSSR count). The van der Waals surface area contributed by atoms with E-state index in [1.54, 1.807) is 39.0 Å². The number of H-pyrrole nitrogens is 1. The standard InChI is InChI=1S/C18H19N3O5/c1-4-25-18(24)15-9(2)16(19-10(15)3)17(23)20-11-5-6-13-12(7-11)21-14(22)8-26-13/h5-7,19H,4,8H2,1-3H3,(H,20,23)(H,21,22). The summed E-state index contributed by atoms with van der Waals surface area (Å²) in [6.45, 7) is 5.35. The number of nitrogens with one attached hydrogen (secondary N) is 3. The van der Waals surface area contributed by atoms with Crippen LogP contribution >= 0.6 is 0 Å². The smallest absolute Gasteiger partial charge is 0.340 e. The maximum absolute atomic E-state index is 12.6. The molecular weight excluding hydrogens is 338 g/mol. The molecule has 26 heavy (non-hydrogen) atoms. The van der Waals surface area contributed by atoms with Gasteiger partial charge in [-0.3, -0.25) is 9.59 Å². The summed E-state index contributed by atoms with van der Waals surface area (Å²) < 4.78 is 10.3. The molecule has 1 aliphatic rings. The van der Waals surface area contributed by atoms with E-state index in [4.69, 9.17) is 9.47 Å². The number of fused-ring (bicyclic) bond motifs is 1.